The van der Waals surface area contributed by atoms with Crippen LogP contribution in [0.2, 0.25) is 0 Å². The van der Waals surface area contributed by atoms with Crippen molar-refractivity contribution in [3.8, 4) is 5.75 Å². The Hall–Kier alpha value is -1.93. The standard InChI is InChI=1S/C23H18F5NO.2ClH.Ti/c1-12-9-13(11-29-21-19(27)17(25)16(24)18(26)20(21)28)22(30)15(10-12)23(2,3)14-7-5-4-6-8-14;;;/h4-11,30H,1-3H3;2*1H;/q;;;+2/p-2. The number of hydrogen-bond acceptors (Lipinski definition) is 2. The van der Waals surface area contributed by atoms with E-state index in [0.29, 0.717) is 11.1 Å². The first-order valence-corrected chi connectivity index (χ1v) is 13.7. The van der Waals surface area contributed by atoms with Crippen LogP contribution in [0.1, 0.15) is 36.1 Å². The molecule has 0 aromatic heterocycles. The average molecular weight is 538 g/mol. The zero-order valence-corrected chi connectivity index (χ0v) is 20.7. The van der Waals surface area contributed by atoms with Crippen molar-refractivity contribution in [1.29, 1.82) is 0 Å². The molecule has 33 heavy (non-hydrogen) atoms. The molecule has 10 heteroatoms. The number of aliphatic imine (C=N–C) groups is 1. The Morgan fingerprint density at radius 1 is 0.879 bits per heavy atom. The van der Waals surface area contributed by atoms with Gasteiger partial charge in [0.15, 0.2) is 23.3 Å². The predicted molar refractivity (Wildman–Crippen MR) is 117 cm³/mol. The van der Waals surface area contributed by atoms with Crippen molar-refractivity contribution < 1.29 is 44.1 Å². The summed E-state index contributed by atoms with van der Waals surface area (Å²) < 4.78 is 67.8. The summed E-state index contributed by atoms with van der Waals surface area (Å²) in [4.78, 5) is 3.45. The molecule has 3 aromatic carbocycles. The molecule has 0 unspecified atom stereocenters. The number of aromatic hydroxyl groups is 1. The monoisotopic (exact) mass is 537 g/mol. The molecule has 3 aromatic rings. The second kappa shape index (κ2) is 11.5. The molecule has 0 aliphatic rings. The maximum absolute atomic E-state index is 13.9. The SMILES string of the molecule is Cc1cc(C=Nc2c(F)c(F)c(F)c(F)c2F)c(O)c(C(C)(C)c2ccccc2)c1.[Cl][Ti][Cl]. The van der Waals surface area contributed by atoms with Gasteiger partial charge in [-0.2, -0.15) is 0 Å². The Balaban J connectivity index is 0.00000122. The third-order valence-electron chi connectivity index (χ3n) is 4.97. The van der Waals surface area contributed by atoms with Crippen molar-refractivity contribution in [2.45, 2.75) is 26.2 Å². The quantitative estimate of drug-likeness (QED) is 0.119. The van der Waals surface area contributed by atoms with E-state index in [1.165, 1.54) is 6.07 Å². The van der Waals surface area contributed by atoms with Crippen molar-refractivity contribution in [1.82, 2.24) is 0 Å². The molecule has 0 aliphatic heterocycles. The number of nitrogens with zero attached hydrogens (tertiary/aromatic N) is 1. The Bertz CT molecular complexity index is 1140. The molecule has 0 amide bonds. The van der Waals surface area contributed by atoms with E-state index in [2.05, 4.69) is 4.99 Å². The number of rotatable bonds is 4. The molecule has 0 bridgehead atoms. The second-order valence-electron chi connectivity index (χ2n) is 7.49. The van der Waals surface area contributed by atoms with E-state index in [9.17, 15) is 27.1 Å². The zero-order chi connectivity index (χ0) is 24.9. The first kappa shape index (κ1) is 27.3. The van der Waals surface area contributed by atoms with Crippen LogP contribution in [0.3, 0.4) is 0 Å². The van der Waals surface area contributed by atoms with Gasteiger partial charge in [-0.05, 0) is 24.1 Å². The van der Waals surface area contributed by atoms with Crippen molar-refractivity contribution in [3.05, 3.63) is 93.8 Å². The number of phenols is 1. The van der Waals surface area contributed by atoms with Crippen molar-refractivity contribution in [3.63, 3.8) is 0 Å². The summed E-state index contributed by atoms with van der Waals surface area (Å²) in [6.45, 7) is 5.53. The van der Waals surface area contributed by atoms with Crippen molar-refractivity contribution >= 4 is 30.5 Å². The van der Waals surface area contributed by atoms with Crippen LogP contribution in [-0.4, -0.2) is 11.3 Å². The van der Waals surface area contributed by atoms with Gasteiger partial charge in [-0.1, -0.05) is 50.2 Å². The average Bonchev–Trinajstić information content (AvgIpc) is 2.79. The molecule has 0 heterocycles. The fourth-order valence-electron chi connectivity index (χ4n) is 3.23. The molecule has 0 fully saturated rings. The number of phenolic OH excluding ortho intramolecular Hbond substituents is 1. The van der Waals surface area contributed by atoms with Gasteiger partial charge in [0.2, 0.25) is 5.82 Å². The summed E-state index contributed by atoms with van der Waals surface area (Å²) >= 11 is -0.556. The van der Waals surface area contributed by atoms with Gasteiger partial charge < -0.3 is 5.11 Å². The van der Waals surface area contributed by atoms with Crippen LogP contribution in [-0.2, 0) is 22.4 Å². The van der Waals surface area contributed by atoms with Crippen LogP contribution in [0.25, 0.3) is 0 Å². The van der Waals surface area contributed by atoms with E-state index >= 15 is 0 Å². The van der Waals surface area contributed by atoms with Crippen LogP contribution in [0.4, 0.5) is 27.6 Å². The van der Waals surface area contributed by atoms with Crippen LogP contribution in [0, 0.1) is 36.0 Å². The van der Waals surface area contributed by atoms with Gasteiger partial charge in [0.1, 0.15) is 11.4 Å². The summed E-state index contributed by atoms with van der Waals surface area (Å²) in [5, 5.41) is 10.8. The van der Waals surface area contributed by atoms with E-state index in [1.54, 1.807) is 13.0 Å². The predicted octanol–water partition coefficient (Wildman–Crippen LogP) is 7.85. The van der Waals surface area contributed by atoms with Gasteiger partial charge >= 0.3 is 35.6 Å². The Labute approximate surface area is 204 Å². The molecule has 0 radical (unpaired) electrons. The van der Waals surface area contributed by atoms with Gasteiger partial charge in [0.25, 0.3) is 0 Å². The van der Waals surface area contributed by atoms with Crippen molar-refractivity contribution in [2.24, 2.45) is 4.99 Å². The van der Waals surface area contributed by atoms with Crippen LogP contribution in [0.15, 0.2) is 47.5 Å². The molecular weight excluding hydrogens is 520 g/mol. The zero-order valence-electron chi connectivity index (χ0n) is 17.7. The van der Waals surface area contributed by atoms with Gasteiger partial charge in [0.05, 0.1) is 0 Å². The molecule has 0 saturated carbocycles. The molecule has 2 nitrogen and oxygen atoms in total. The topological polar surface area (TPSA) is 32.6 Å². The van der Waals surface area contributed by atoms with E-state index in [0.717, 1.165) is 11.8 Å². The maximum atomic E-state index is 13.9. The molecule has 0 saturated heterocycles. The summed E-state index contributed by atoms with van der Waals surface area (Å²) in [6.07, 6.45) is 0.880. The normalized spacial score (nSPS) is 11.3. The summed E-state index contributed by atoms with van der Waals surface area (Å²) in [5.41, 5.74) is 0.269. The van der Waals surface area contributed by atoms with Crippen LogP contribution in [0.5, 0.6) is 5.75 Å². The fraction of sp³-hybridized carbons (Fsp3) is 0.174. The third kappa shape index (κ3) is 5.96. The molecule has 0 aliphatic carbocycles. The first-order chi connectivity index (χ1) is 15.5. The molecule has 0 atom stereocenters. The Morgan fingerprint density at radius 2 is 1.36 bits per heavy atom. The Morgan fingerprint density at radius 3 is 1.88 bits per heavy atom. The van der Waals surface area contributed by atoms with Crippen LogP contribution >= 0.6 is 18.6 Å². The van der Waals surface area contributed by atoms with Crippen molar-refractivity contribution in [2.75, 3.05) is 0 Å². The second-order valence-corrected chi connectivity index (χ2v) is 10.1. The minimum atomic E-state index is -2.26. The number of hydrogen-bond donors (Lipinski definition) is 1. The van der Waals surface area contributed by atoms with E-state index in [-0.39, 0.29) is 11.3 Å². The van der Waals surface area contributed by atoms with Gasteiger partial charge in [-0.15, -0.1) is 0 Å². The van der Waals surface area contributed by atoms with Gasteiger partial charge in [0, 0.05) is 22.8 Å². The van der Waals surface area contributed by atoms with E-state index in [1.807, 2.05) is 44.2 Å². The summed E-state index contributed by atoms with van der Waals surface area (Å²) in [6, 6.07) is 12.6. The molecule has 0 spiro atoms. The number of benzene rings is 3. The molecule has 1 N–H and O–H groups in total. The molecule has 174 valence electrons. The van der Waals surface area contributed by atoms with E-state index in [4.69, 9.17) is 18.6 Å². The van der Waals surface area contributed by atoms with E-state index < -0.39 is 57.2 Å². The number of aryl methyl sites for hydroxylation is 1. The number of halogens is 7. The molecule has 3 rings (SSSR count). The Kier molecular flexibility index (Phi) is 9.50. The van der Waals surface area contributed by atoms with Crippen LogP contribution < -0.4 is 0 Å². The fourth-order valence-corrected chi connectivity index (χ4v) is 3.23. The summed E-state index contributed by atoms with van der Waals surface area (Å²) in [7, 11) is 9.78. The van der Waals surface area contributed by atoms with Gasteiger partial charge in [-0.3, -0.25) is 0 Å². The van der Waals surface area contributed by atoms with Gasteiger partial charge in [-0.25, -0.2) is 26.9 Å². The minimum absolute atomic E-state index is 0.0814. The first-order valence-electron chi connectivity index (χ1n) is 9.38. The third-order valence-corrected chi connectivity index (χ3v) is 4.97. The summed E-state index contributed by atoms with van der Waals surface area (Å²) in [5.74, 6) is -10.7. The molecular formula is C23H18Cl2F5NOTi.